The summed E-state index contributed by atoms with van der Waals surface area (Å²) in [5, 5.41) is 20.0. The van der Waals surface area contributed by atoms with E-state index in [0.29, 0.717) is 6.42 Å². The number of carbonyl (C=O) groups excluding carboxylic acids is 1. The number of amides is 1. The number of aliphatic hydroxyl groups excluding tert-OH is 1. The predicted molar refractivity (Wildman–Crippen MR) is 54.1 cm³/mol. The van der Waals surface area contributed by atoms with Gasteiger partial charge in [0.25, 0.3) is 0 Å². The van der Waals surface area contributed by atoms with E-state index < -0.39 is 30.1 Å². The SMILES string of the molecule is CCC[C@H](N)C(=O)N[C@H](C(=O)O)[C@@H](C)O. The van der Waals surface area contributed by atoms with E-state index in [1.807, 2.05) is 6.92 Å². The van der Waals surface area contributed by atoms with Crippen LogP contribution in [0.25, 0.3) is 0 Å². The van der Waals surface area contributed by atoms with Crippen molar-refractivity contribution in [1.82, 2.24) is 5.32 Å². The first kappa shape index (κ1) is 13.9. The van der Waals surface area contributed by atoms with Crippen molar-refractivity contribution in [3.05, 3.63) is 0 Å². The molecule has 0 saturated heterocycles. The standard InChI is InChI=1S/C9H18N2O4/c1-3-4-6(10)8(13)11-7(5(2)12)9(14)15/h5-7,12H,3-4,10H2,1-2H3,(H,11,13)(H,14,15)/t5-,6+,7+/m1/s1. The molecule has 1 amide bonds. The summed E-state index contributed by atoms with van der Waals surface area (Å²) in [6.45, 7) is 3.17. The van der Waals surface area contributed by atoms with Gasteiger partial charge in [0.05, 0.1) is 12.1 Å². The minimum atomic E-state index is -1.31. The van der Waals surface area contributed by atoms with Gasteiger partial charge in [-0.15, -0.1) is 0 Å². The molecule has 3 atom stereocenters. The summed E-state index contributed by atoms with van der Waals surface area (Å²) >= 11 is 0. The Hall–Kier alpha value is -1.14. The molecule has 0 aromatic heterocycles. The van der Waals surface area contributed by atoms with E-state index in [2.05, 4.69) is 5.32 Å². The van der Waals surface area contributed by atoms with E-state index in [1.165, 1.54) is 6.92 Å². The Kier molecular flexibility index (Phi) is 5.88. The monoisotopic (exact) mass is 218 g/mol. The van der Waals surface area contributed by atoms with Crippen LogP contribution in [0.2, 0.25) is 0 Å². The highest BCUT2D eigenvalue weighted by Crippen LogP contribution is 1.97. The maximum absolute atomic E-state index is 11.3. The van der Waals surface area contributed by atoms with Gasteiger partial charge in [-0.2, -0.15) is 0 Å². The summed E-state index contributed by atoms with van der Waals surface area (Å²) in [5.74, 6) is -1.83. The van der Waals surface area contributed by atoms with E-state index in [4.69, 9.17) is 15.9 Å². The van der Waals surface area contributed by atoms with Crippen molar-refractivity contribution in [3.8, 4) is 0 Å². The number of aliphatic carboxylic acids is 1. The molecule has 6 heteroatoms. The van der Waals surface area contributed by atoms with Crippen molar-refractivity contribution in [2.24, 2.45) is 5.73 Å². The number of carbonyl (C=O) groups is 2. The molecule has 88 valence electrons. The molecule has 0 spiro atoms. The third-order valence-electron chi connectivity index (χ3n) is 1.98. The normalized spacial score (nSPS) is 16.5. The smallest absolute Gasteiger partial charge is 0.328 e. The fourth-order valence-corrected chi connectivity index (χ4v) is 1.09. The van der Waals surface area contributed by atoms with Crippen LogP contribution >= 0.6 is 0 Å². The Morgan fingerprint density at radius 1 is 1.47 bits per heavy atom. The summed E-state index contributed by atoms with van der Waals surface area (Å²) in [6, 6.07) is -2.03. The Morgan fingerprint density at radius 2 is 2.00 bits per heavy atom. The van der Waals surface area contributed by atoms with E-state index in [-0.39, 0.29) is 0 Å². The molecule has 0 rings (SSSR count). The first-order valence-corrected chi connectivity index (χ1v) is 4.87. The minimum absolute atomic E-state index is 0.484. The quantitative estimate of drug-likeness (QED) is 0.460. The summed E-state index contributed by atoms with van der Waals surface area (Å²) < 4.78 is 0. The topological polar surface area (TPSA) is 113 Å². The van der Waals surface area contributed by atoms with Crippen LogP contribution in [0, 0.1) is 0 Å². The van der Waals surface area contributed by atoms with Gasteiger partial charge in [-0.05, 0) is 13.3 Å². The zero-order valence-corrected chi connectivity index (χ0v) is 8.93. The number of hydrogen-bond acceptors (Lipinski definition) is 4. The van der Waals surface area contributed by atoms with Crippen molar-refractivity contribution in [3.63, 3.8) is 0 Å². The van der Waals surface area contributed by atoms with Crippen molar-refractivity contribution in [2.75, 3.05) is 0 Å². The highest BCUT2D eigenvalue weighted by Gasteiger charge is 2.26. The molecule has 5 N–H and O–H groups in total. The fourth-order valence-electron chi connectivity index (χ4n) is 1.09. The molecular weight excluding hydrogens is 200 g/mol. The maximum Gasteiger partial charge on any atom is 0.328 e. The van der Waals surface area contributed by atoms with Gasteiger partial charge in [-0.3, -0.25) is 4.79 Å². The number of rotatable bonds is 6. The van der Waals surface area contributed by atoms with Gasteiger partial charge < -0.3 is 21.3 Å². The molecule has 0 bridgehead atoms. The van der Waals surface area contributed by atoms with Gasteiger partial charge in [0.15, 0.2) is 6.04 Å². The van der Waals surface area contributed by atoms with E-state index in [9.17, 15) is 9.59 Å². The third-order valence-corrected chi connectivity index (χ3v) is 1.98. The van der Waals surface area contributed by atoms with Crippen LogP contribution in [0.15, 0.2) is 0 Å². The van der Waals surface area contributed by atoms with Crippen LogP contribution in [0.4, 0.5) is 0 Å². The minimum Gasteiger partial charge on any atom is -0.480 e. The lowest BCUT2D eigenvalue weighted by molar-refractivity contribution is -0.145. The number of hydrogen-bond donors (Lipinski definition) is 4. The second-order valence-electron chi connectivity index (χ2n) is 3.46. The van der Waals surface area contributed by atoms with Gasteiger partial charge in [-0.1, -0.05) is 13.3 Å². The molecule has 0 unspecified atom stereocenters. The molecule has 0 aromatic carbocycles. The Bertz CT molecular complexity index is 230. The number of nitrogens with one attached hydrogen (secondary N) is 1. The van der Waals surface area contributed by atoms with E-state index in [0.717, 1.165) is 6.42 Å². The number of carboxylic acid groups (broad SMARTS) is 1. The molecule has 15 heavy (non-hydrogen) atoms. The molecule has 0 fully saturated rings. The summed E-state index contributed by atoms with van der Waals surface area (Å²) in [5.41, 5.74) is 5.49. The number of carboxylic acids is 1. The summed E-state index contributed by atoms with van der Waals surface area (Å²) in [4.78, 5) is 22.0. The first-order valence-electron chi connectivity index (χ1n) is 4.87. The van der Waals surface area contributed by atoms with Crippen LogP contribution in [0.5, 0.6) is 0 Å². The summed E-state index contributed by atoms with van der Waals surface area (Å²) in [7, 11) is 0. The predicted octanol–water partition coefficient (Wildman–Crippen LogP) is -0.936. The van der Waals surface area contributed by atoms with Crippen molar-refractivity contribution in [1.29, 1.82) is 0 Å². The molecule has 0 aliphatic heterocycles. The van der Waals surface area contributed by atoms with Crippen LogP contribution in [0.1, 0.15) is 26.7 Å². The fraction of sp³-hybridized carbons (Fsp3) is 0.778. The van der Waals surface area contributed by atoms with Gasteiger partial charge in [-0.25, -0.2) is 4.79 Å². The van der Waals surface area contributed by atoms with Crippen LogP contribution in [-0.2, 0) is 9.59 Å². The highest BCUT2D eigenvalue weighted by atomic mass is 16.4. The zero-order chi connectivity index (χ0) is 12.0. The van der Waals surface area contributed by atoms with Gasteiger partial charge >= 0.3 is 5.97 Å². The third kappa shape index (κ3) is 4.75. The molecule has 0 radical (unpaired) electrons. The lowest BCUT2D eigenvalue weighted by Gasteiger charge is -2.19. The van der Waals surface area contributed by atoms with Gasteiger partial charge in [0.1, 0.15) is 0 Å². The van der Waals surface area contributed by atoms with Crippen LogP contribution in [-0.4, -0.2) is 40.3 Å². The van der Waals surface area contributed by atoms with Crippen molar-refractivity contribution >= 4 is 11.9 Å². The maximum atomic E-state index is 11.3. The van der Waals surface area contributed by atoms with Crippen LogP contribution < -0.4 is 11.1 Å². The lowest BCUT2D eigenvalue weighted by Crippen LogP contribution is -2.52. The first-order chi connectivity index (χ1) is 6.90. The van der Waals surface area contributed by atoms with E-state index >= 15 is 0 Å². The molecule has 0 aliphatic rings. The number of aliphatic hydroxyl groups is 1. The number of nitrogens with two attached hydrogens (primary N) is 1. The largest absolute Gasteiger partial charge is 0.480 e. The molecular formula is C9H18N2O4. The van der Waals surface area contributed by atoms with E-state index in [1.54, 1.807) is 0 Å². The second kappa shape index (κ2) is 6.36. The highest BCUT2D eigenvalue weighted by molar-refractivity contribution is 5.87. The van der Waals surface area contributed by atoms with Gasteiger partial charge in [0, 0.05) is 0 Å². The Morgan fingerprint density at radius 3 is 2.33 bits per heavy atom. The average Bonchev–Trinajstić information content (AvgIpc) is 2.12. The second-order valence-corrected chi connectivity index (χ2v) is 3.46. The lowest BCUT2D eigenvalue weighted by atomic mass is 10.1. The Labute approximate surface area is 88.5 Å². The average molecular weight is 218 g/mol. The van der Waals surface area contributed by atoms with Gasteiger partial charge in [0.2, 0.25) is 5.91 Å². The molecule has 0 aromatic rings. The van der Waals surface area contributed by atoms with Crippen molar-refractivity contribution < 1.29 is 19.8 Å². The Balaban J connectivity index is 4.29. The zero-order valence-electron chi connectivity index (χ0n) is 8.93. The van der Waals surface area contributed by atoms with Crippen molar-refractivity contribution in [2.45, 2.75) is 44.9 Å². The molecule has 0 aliphatic carbocycles. The molecule has 6 nitrogen and oxygen atoms in total. The summed E-state index contributed by atoms with van der Waals surface area (Å²) in [6.07, 6.45) is 0.0687. The molecule has 0 heterocycles. The molecule has 0 saturated carbocycles. The van der Waals surface area contributed by atoms with Crippen LogP contribution in [0.3, 0.4) is 0 Å².